The molecule has 5 heteroatoms. The standard InChI is InChI=1S/C19H29NO4/c1-3-23-17-10-5-14(13-18(17)24-4-2)11-12-20-16-8-6-15(7-9-16)19(21)22/h5,10,13,15-16,20H,3-4,6-9,11-12H2,1-2H3,(H,21,22). The van der Waals surface area contributed by atoms with Crippen molar-refractivity contribution in [2.45, 2.75) is 52.0 Å². The molecule has 0 amide bonds. The summed E-state index contributed by atoms with van der Waals surface area (Å²) in [5, 5.41) is 12.6. The second-order valence-corrected chi connectivity index (χ2v) is 6.24. The smallest absolute Gasteiger partial charge is 0.306 e. The van der Waals surface area contributed by atoms with Gasteiger partial charge in [-0.25, -0.2) is 0 Å². The number of carboxylic acids is 1. The summed E-state index contributed by atoms with van der Waals surface area (Å²) in [6.45, 7) is 6.07. The van der Waals surface area contributed by atoms with Gasteiger partial charge in [0.15, 0.2) is 11.5 Å². The molecule has 0 radical (unpaired) electrons. The van der Waals surface area contributed by atoms with Crippen molar-refractivity contribution in [3.05, 3.63) is 23.8 Å². The molecule has 0 saturated heterocycles. The Balaban J connectivity index is 1.80. The van der Waals surface area contributed by atoms with Gasteiger partial charge in [0, 0.05) is 6.04 Å². The molecule has 5 nitrogen and oxygen atoms in total. The average Bonchev–Trinajstić information content (AvgIpc) is 2.58. The first-order valence-corrected chi connectivity index (χ1v) is 8.98. The molecule has 1 aromatic carbocycles. The predicted molar refractivity (Wildman–Crippen MR) is 93.9 cm³/mol. The molecular weight excluding hydrogens is 306 g/mol. The lowest BCUT2D eigenvalue weighted by Gasteiger charge is -2.27. The first-order valence-electron chi connectivity index (χ1n) is 8.98. The van der Waals surface area contributed by atoms with Crippen LogP contribution in [-0.2, 0) is 11.2 Å². The number of benzene rings is 1. The molecule has 1 aromatic rings. The summed E-state index contributed by atoms with van der Waals surface area (Å²) >= 11 is 0. The van der Waals surface area contributed by atoms with E-state index in [1.54, 1.807) is 0 Å². The van der Waals surface area contributed by atoms with E-state index in [1.165, 1.54) is 5.56 Å². The average molecular weight is 335 g/mol. The Bertz CT molecular complexity index is 524. The fraction of sp³-hybridized carbons (Fsp3) is 0.632. The van der Waals surface area contributed by atoms with Crippen molar-refractivity contribution < 1.29 is 19.4 Å². The molecule has 1 fully saturated rings. The molecule has 1 aliphatic rings. The van der Waals surface area contributed by atoms with Crippen molar-refractivity contribution in [1.82, 2.24) is 5.32 Å². The summed E-state index contributed by atoms with van der Waals surface area (Å²) in [4.78, 5) is 11.0. The van der Waals surface area contributed by atoms with Gasteiger partial charge in [0.2, 0.25) is 0 Å². The fourth-order valence-corrected chi connectivity index (χ4v) is 3.22. The van der Waals surface area contributed by atoms with Crippen molar-refractivity contribution in [2.75, 3.05) is 19.8 Å². The van der Waals surface area contributed by atoms with Crippen LogP contribution >= 0.6 is 0 Å². The summed E-state index contributed by atoms with van der Waals surface area (Å²) in [5.74, 6) is 0.802. The normalized spacial score (nSPS) is 20.6. The van der Waals surface area contributed by atoms with Gasteiger partial charge in [0.05, 0.1) is 19.1 Å². The highest BCUT2D eigenvalue weighted by atomic mass is 16.5. The number of carboxylic acid groups (broad SMARTS) is 1. The lowest BCUT2D eigenvalue weighted by atomic mass is 9.86. The Morgan fingerprint density at radius 2 is 1.79 bits per heavy atom. The van der Waals surface area contributed by atoms with Gasteiger partial charge >= 0.3 is 5.97 Å². The van der Waals surface area contributed by atoms with E-state index >= 15 is 0 Å². The lowest BCUT2D eigenvalue weighted by Crippen LogP contribution is -2.36. The number of hydrogen-bond donors (Lipinski definition) is 2. The van der Waals surface area contributed by atoms with Crippen LogP contribution in [0.5, 0.6) is 11.5 Å². The SMILES string of the molecule is CCOc1ccc(CCNC2CCC(C(=O)O)CC2)cc1OCC. The number of hydrogen-bond acceptors (Lipinski definition) is 4. The van der Waals surface area contributed by atoms with Gasteiger partial charge in [-0.1, -0.05) is 6.07 Å². The van der Waals surface area contributed by atoms with Gasteiger partial charge in [0.25, 0.3) is 0 Å². The minimum Gasteiger partial charge on any atom is -0.490 e. The Morgan fingerprint density at radius 3 is 2.42 bits per heavy atom. The molecule has 0 bridgehead atoms. The van der Waals surface area contributed by atoms with Crippen LogP contribution < -0.4 is 14.8 Å². The molecule has 2 rings (SSSR count). The maximum atomic E-state index is 11.0. The van der Waals surface area contributed by atoms with Crippen molar-refractivity contribution in [3.63, 3.8) is 0 Å². The van der Waals surface area contributed by atoms with Crippen LogP contribution in [0.2, 0.25) is 0 Å². The quantitative estimate of drug-likeness (QED) is 0.725. The van der Waals surface area contributed by atoms with Gasteiger partial charge in [-0.05, 0) is 70.2 Å². The van der Waals surface area contributed by atoms with E-state index in [2.05, 4.69) is 17.4 Å². The third-order valence-electron chi connectivity index (χ3n) is 4.53. The van der Waals surface area contributed by atoms with E-state index < -0.39 is 5.97 Å². The number of rotatable bonds is 9. The minimum atomic E-state index is -0.647. The molecule has 0 aliphatic heterocycles. The number of nitrogens with one attached hydrogen (secondary N) is 1. The number of carbonyl (C=O) groups is 1. The Hall–Kier alpha value is -1.75. The van der Waals surface area contributed by atoms with E-state index in [0.29, 0.717) is 19.3 Å². The summed E-state index contributed by atoms with van der Waals surface area (Å²) < 4.78 is 11.2. The second-order valence-electron chi connectivity index (χ2n) is 6.24. The monoisotopic (exact) mass is 335 g/mol. The topological polar surface area (TPSA) is 67.8 Å². The summed E-state index contributed by atoms with van der Waals surface area (Å²) in [5.41, 5.74) is 1.22. The molecule has 0 unspecified atom stereocenters. The van der Waals surface area contributed by atoms with Crippen LogP contribution in [0.3, 0.4) is 0 Å². The van der Waals surface area contributed by atoms with E-state index in [9.17, 15) is 4.79 Å². The zero-order valence-electron chi connectivity index (χ0n) is 14.7. The second kappa shape index (κ2) is 9.52. The van der Waals surface area contributed by atoms with E-state index in [0.717, 1.165) is 50.1 Å². The van der Waals surface area contributed by atoms with E-state index in [-0.39, 0.29) is 5.92 Å². The highest BCUT2D eigenvalue weighted by Gasteiger charge is 2.25. The number of aliphatic carboxylic acids is 1. The third-order valence-corrected chi connectivity index (χ3v) is 4.53. The van der Waals surface area contributed by atoms with Crippen molar-refractivity contribution in [3.8, 4) is 11.5 Å². The van der Waals surface area contributed by atoms with Crippen molar-refractivity contribution in [2.24, 2.45) is 5.92 Å². The van der Waals surface area contributed by atoms with E-state index in [4.69, 9.17) is 14.6 Å². The van der Waals surface area contributed by atoms with Crippen LogP contribution in [-0.4, -0.2) is 36.9 Å². The zero-order chi connectivity index (χ0) is 17.4. The van der Waals surface area contributed by atoms with E-state index in [1.807, 2.05) is 19.9 Å². The predicted octanol–water partition coefficient (Wildman–Crippen LogP) is 3.26. The van der Waals surface area contributed by atoms with Crippen LogP contribution in [0.25, 0.3) is 0 Å². The maximum absolute atomic E-state index is 11.0. The molecular formula is C19H29NO4. The van der Waals surface area contributed by atoms with Gasteiger partial charge in [-0.2, -0.15) is 0 Å². The molecule has 1 saturated carbocycles. The molecule has 0 heterocycles. The molecule has 134 valence electrons. The molecule has 0 spiro atoms. The van der Waals surface area contributed by atoms with Gasteiger partial charge in [0.1, 0.15) is 0 Å². The van der Waals surface area contributed by atoms with Crippen LogP contribution in [0, 0.1) is 5.92 Å². The minimum absolute atomic E-state index is 0.150. The molecule has 1 aliphatic carbocycles. The lowest BCUT2D eigenvalue weighted by molar-refractivity contribution is -0.142. The summed E-state index contributed by atoms with van der Waals surface area (Å²) in [6, 6.07) is 6.55. The van der Waals surface area contributed by atoms with Crippen molar-refractivity contribution in [1.29, 1.82) is 0 Å². The third kappa shape index (κ3) is 5.41. The van der Waals surface area contributed by atoms with Crippen LogP contribution in [0.4, 0.5) is 0 Å². The van der Waals surface area contributed by atoms with Crippen LogP contribution in [0.1, 0.15) is 45.1 Å². The van der Waals surface area contributed by atoms with Crippen LogP contribution in [0.15, 0.2) is 18.2 Å². The molecule has 0 aromatic heterocycles. The molecule has 0 atom stereocenters. The number of ether oxygens (including phenoxy) is 2. The first kappa shape index (κ1) is 18.6. The fourth-order valence-electron chi connectivity index (χ4n) is 3.22. The van der Waals surface area contributed by atoms with Gasteiger partial charge in [-0.15, -0.1) is 0 Å². The Morgan fingerprint density at radius 1 is 1.12 bits per heavy atom. The summed E-state index contributed by atoms with van der Waals surface area (Å²) in [6.07, 6.45) is 4.38. The van der Waals surface area contributed by atoms with Gasteiger partial charge in [-0.3, -0.25) is 4.79 Å². The van der Waals surface area contributed by atoms with Crippen molar-refractivity contribution >= 4 is 5.97 Å². The largest absolute Gasteiger partial charge is 0.490 e. The molecule has 2 N–H and O–H groups in total. The zero-order valence-corrected chi connectivity index (χ0v) is 14.7. The highest BCUT2D eigenvalue weighted by molar-refractivity contribution is 5.70. The Labute approximate surface area is 144 Å². The maximum Gasteiger partial charge on any atom is 0.306 e. The van der Waals surface area contributed by atoms with Gasteiger partial charge < -0.3 is 19.9 Å². The Kier molecular flexibility index (Phi) is 7.37. The molecule has 24 heavy (non-hydrogen) atoms. The summed E-state index contributed by atoms with van der Waals surface area (Å²) in [7, 11) is 0. The highest BCUT2D eigenvalue weighted by Crippen LogP contribution is 2.29. The first-order chi connectivity index (χ1) is 11.6.